The molecular weight excluding hydrogens is 294 g/mol. The lowest BCUT2D eigenvalue weighted by Crippen LogP contribution is -2.10. The molecule has 1 atom stereocenters. The molecular formula is C13H16BrN3O. The Bertz CT molecular complexity index is 539. The zero-order valence-corrected chi connectivity index (χ0v) is 12.1. The molecule has 0 spiro atoms. The van der Waals surface area contributed by atoms with Crippen LogP contribution in [0.5, 0.6) is 0 Å². The summed E-state index contributed by atoms with van der Waals surface area (Å²) in [5.41, 5.74) is 2.02. The maximum Gasteiger partial charge on any atom is 0.138 e. The predicted molar refractivity (Wildman–Crippen MR) is 73.2 cm³/mol. The molecule has 2 aromatic rings. The summed E-state index contributed by atoms with van der Waals surface area (Å²) >= 11 is 3.47. The second-order valence-corrected chi connectivity index (χ2v) is 5.09. The summed E-state index contributed by atoms with van der Waals surface area (Å²) in [6.45, 7) is 4.78. The molecule has 96 valence electrons. The molecule has 0 saturated carbocycles. The van der Waals surface area contributed by atoms with Crippen LogP contribution in [0.25, 0.3) is 0 Å². The van der Waals surface area contributed by atoms with Crippen molar-refractivity contribution in [2.45, 2.75) is 32.9 Å². The van der Waals surface area contributed by atoms with Gasteiger partial charge in [-0.1, -0.05) is 33.6 Å². The summed E-state index contributed by atoms with van der Waals surface area (Å²) in [6.07, 6.45) is 1.42. The van der Waals surface area contributed by atoms with Crippen molar-refractivity contribution in [3.63, 3.8) is 0 Å². The summed E-state index contributed by atoms with van der Waals surface area (Å²) in [4.78, 5) is 4.18. The molecule has 5 heteroatoms. The van der Waals surface area contributed by atoms with E-state index < -0.39 is 6.10 Å². The molecule has 0 fully saturated rings. The van der Waals surface area contributed by atoms with E-state index in [1.54, 1.807) is 4.68 Å². The van der Waals surface area contributed by atoms with E-state index in [1.807, 2.05) is 32.0 Å². The van der Waals surface area contributed by atoms with Crippen molar-refractivity contribution in [3.05, 3.63) is 46.0 Å². The highest BCUT2D eigenvalue weighted by Crippen LogP contribution is 2.26. The number of aliphatic hydroxyl groups excluding tert-OH is 1. The number of aliphatic hydroxyl groups is 1. The summed E-state index contributed by atoms with van der Waals surface area (Å²) in [5, 5.41) is 14.4. The van der Waals surface area contributed by atoms with Crippen molar-refractivity contribution in [1.29, 1.82) is 0 Å². The van der Waals surface area contributed by atoms with E-state index in [-0.39, 0.29) is 0 Å². The zero-order chi connectivity index (χ0) is 13.1. The fourth-order valence-electron chi connectivity index (χ4n) is 1.91. The van der Waals surface area contributed by atoms with Crippen molar-refractivity contribution in [3.8, 4) is 0 Å². The smallest absolute Gasteiger partial charge is 0.138 e. The van der Waals surface area contributed by atoms with Gasteiger partial charge in [-0.25, -0.2) is 4.98 Å². The molecule has 1 heterocycles. The van der Waals surface area contributed by atoms with E-state index in [0.717, 1.165) is 28.0 Å². The minimum absolute atomic E-state index is 0.468. The normalized spacial score (nSPS) is 12.7. The van der Waals surface area contributed by atoms with Gasteiger partial charge in [-0.2, -0.15) is 5.10 Å². The van der Waals surface area contributed by atoms with Gasteiger partial charge in [0.2, 0.25) is 0 Å². The molecule has 1 aromatic heterocycles. The van der Waals surface area contributed by atoms with Crippen LogP contribution in [0.2, 0.25) is 0 Å². The molecule has 2 rings (SSSR count). The van der Waals surface area contributed by atoms with Gasteiger partial charge in [0.25, 0.3) is 0 Å². The molecule has 0 aliphatic heterocycles. The number of hydrogen-bond acceptors (Lipinski definition) is 3. The Morgan fingerprint density at radius 3 is 2.94 bits per heavy atom. The Kier molecular flexibility index (Phi) is 4.14. The maximum absolute atomic E-state index is 10.3. The predicted octanol–water partition coefficient (Wildman–Crippen LogP) is 2.65. The molecule has 18 heavy (non-hydrogen) atoms. The van der Waals surface area contributed by atoms with Gasteiger partial charge in [0.1, 0.15) is 12.2 Å². The quantitative estimate of drug-likeness (QED) is 0.944. The van der Waals surface area contributed by atoms with Crippen LogP contribution < -0.4 is 0 Å². The third-order valence-electron chi connectivity index (χ3n) is 2.88. The number of halogens is 1. The lowest BCUT2D eigenvalue weighted by Gasteiger charge is -2.13. The Hall–Kier alpha value is -1.20. The van der Waals surface area contributed by atoms with Gasteiger partial charge in [-0.3, -0.25) is 4.68 Å². The summed E-state index contributed by atoms with van der Waals surface area (Å²) in [6, 6.07) is 5.95. The summed E-state index contributed by atoms with van der Waals surface area (Å²) in [5.74, 6) is 0.804. The van der Waals surface area contributed by atoms with Crippen LogP contribution in [-0.2, 0) is 13.0 Å². The van der Waals surface area contributed by atoms with Crippen molar-refractivity contribution >= 4 is 15.9 Å². The number of aryl methyl sites for hydroxylation is 2. The van der Waals surface area contributed by atoms with E-state index in [1.165, 1.54) is 6.33 Å². The van der Waals surface area contributed by atoms with Gasteiger partial charge in [0, 0.05) is 17.4 Å². The van der Waals surface area contributed by atoms with Gasteiger partial charge >= 0.3 is 0 Å². The average Bonchev–Trinajstić information content (AvgIpc) is 2.79. The first-order valence-corrected chi connectivity index (χ1v) is 6.72. The van der Waals surface area contributed by atoms with Crippen molar-refractivity contribution in [1.82, 2.24) is 14.8 Å². The standard InChI is InChI=1S/C13H16BrN3O/c1-3-17-13(15-8-16-17)7-12(18)10-6-9(2)4-5-11(10)14/h4-6,8,12,18H,3,7H2,1-2H3. The van der Waals surface area contributed by atoms with Crippen molar-refractivity contribution < 1.29 is 5.11 Å². The summed E-state index contributed by atoms with van der Waals surface area (Å²) < 4.78 is 2.72. The molecule has 1 aromatic carbocycles. The largest absolute Gasteiger partial charge is 0.388 e. The third kappa shape index (κ3) is 2.79. The van der Waals surface area contributed by atoms with E-state index in [9.17, 15) is 5.11 Å². The van der Waals surface area contributed by atoms with Gasteiger partial charge in [-0.15, -0.1) is 0 Å². The fourth-order valence-corrected chi connectivity index (χ4v) is 2.42. The lowest BCUT2D eigenvalue weighted by molar-refractivity contribution is 0.173. The highest BCUT2D eigenvalue weighted by atomic mass is 79.9. The highest BCUT2D eigenvalue weighted by Gasteiger charge is 2.15. The lowest BCUT2D eigenvalue weighted by atomic mass is 10.0. The van der Waals surface area contributed by atoms with Crippen molar-refractivity contribution in [2.75, 3.05) is 0 Å². The van der Waals surface area contributed by atoms with E-state index >= 15 is 0 Å². The van der Waals surface area contributed by atoms with Crippen LogP contribution in [0.1, 0.15) is 30.0 Å². The van der Waals surface area contributed by atoms with Gasteiger partial charge in [0.05, 0.1) is 6.10 Å². The second kappa shape index (κ2) is 5.63. The third-order valence-corrected chi connectivity index (χ3v) is 3.60. The monoisotopic (exact) mass is 309 g/mol. The molecule has 0 amide bonds. The summed E-state index contributed by atoms with van der Waals surface area (Å²) in [7, 11) is 0. The first kappa shape index (κ1) is 13.2. The minimum atomic E-state index is -0.575. The van der Waals surface area contributed by atoms with Crippen LogP contribution in [-0.4, -0.2) is 19.9 Å². The first-order chi connectivity index (χ1) is 8.61. The molecule has 0 bridgehead atoms. The highest BCUT2D eigenvalue weighted by molar-refractivity contribution is 9.10. The molecule has 1 unspecified atom stereocenters. The molecule has 0 radical (unpaired) electrons. The fraction of sp³-hybridized carbons (Fsp3) is 0.385. The minimum Gasteiger partial charge on any atom is -0.388 e. The second-order valence-electron chi connectivity index (χ2n) is 4.24. The average molecular weight is 310 g/mol. The number of hydrogen-bond donors (Lipinski definition) is 1. The van der Waals surface area contributed by atoms with Crippen LogP contribution in [0.15, 0.2) is 29.0 Å². The van der Waals surface area contributed by atoms with Crippen LogP contribution >= 0.6 is 15.9 Å². The SMILES string of the molecule is CCn1ncnc1CC(O)c1cc(C)ccc1Br. The molecule has 1 N–H and O–H groups in total. The maximum atomic E-state index is 10.3. The van der Waals surface area contributed by atoms with Crippen LogP contribution in [0, 0.1) is 6.92 Å². The topological polar surface area (TPSA) is 50.9 Å². The zero-order valence-electron chi connectivity index (χ0n) is 10.5. The Morgan fingerprint density at radius 1 is 1.44 bits per heavy atom. The van der Waals surface area contributed by atoms with Gasteiger partial charge < -0.3 is 5.11 Å². The first-order valence-electron chi connectivity index (χ1n) is 5.92. The number of nitrogens with zero attached hydrogens (tertiary/aromatic N) is 3. The molecule has 0 aliphatic rings. The molecule has 0 aliphatic carbocycles. The Balaban J connectivity index is 2.21. The van der Waals surface area contributed by atoms with Gasteiger partial charge in [0.15, 0.2) is 0 Å². The molecule has 0 saturated heterocycles. The Labute approximate surface area is 115 Å². The van der Waals surface area contributed by atoms with E-state index in [2.05, 4.69) is 26.0 Å². The number of aromatic nitrogens is 3. The van der Waals surface area contributed by atoms with Crippen molar-refractivity contribution in [2.24, 2.45) is 0 Å². The number of benzene rings is 1. The van der Waals surface area contributed by atoms with E-state index in [0.29, 0.717) is 6.42 Å². The van der Waals surface area contributed by atoms with Gasteiger partial charge in [-0.05, 0) is 25.5 Å². The van der Waals surface area contributed by atoms with Crippen LogP contribution in [0.3, 0.4) is 0 Å². The number of rotatable bonds is 4. The van der Waals surface area contributed by atoms with E-state index in [4.69, 9.17) is 0 Å². The molecule has 4 nitrogen and oxygen atoms in total. The Morgan fingerprint density at radius 2 is 2.22 bits per heavy atom. The van der Waals surface area contributed by atoms with Crippen LogP contribution in [0.4, 0.5) is 0 Å².